The third-order valence-electron chi connectivity index (χ3n) is 7.13. The number of anilines is 1. The summed E-state index contributed by atoms with van der Waals surface area (Å²) in [6.45, 7) is 0.527. The lowest BCUT2D eigenvalue weighted by molar-refractivity contribution is 0.0601. The predicted molar refractivity (Wildman–Crippen MR) is 131 cm³/mol. The summed E-state index contributed by atoms with van der Waals surface area (Å²) >= 11 is 0. The van der Waals surface area contributed by atoms with Crippen LogP contribution in [0.5, 0.6) is 0 Å². The molecule has 0 saturated heterocycles. The quantitative estimate of drug-likeness (QED) is 0.401. The Labute approximate surface area is 197 Å². The second-order valence-electron chi connectivity index (χ2n) is 9.11. The van der Waals surface area contributed by atoms with Crippen molar-refractivity contribution in [1.29, 1.82) is 0 Å². The summed E-state index contributed by atoms with van der Waals surface area (Å²) in [6.07, 6.45) is 8.22. The van der Waals surface area contributed by atoms with Crippen molar-refractivity contribution in [3.05, 3.63) is 65.0 Å². The topological polar surface area (TPSA) is 96.2 Å². The van der Waals surface area contributed by atoms with Crippen LogP contribution in [0.4, 0.5) is 6.01 Å². The zero-order chi connectivity index (χ0) is 23.2. The number of aromatic nitrogens is 3. The fourth-order valence-corrected chi connectivity index (χ4v) is 5.62. The van der Waals surface area contributed by atoms with E-state index in [0.29, 0.717) is 23.9 Å². The lowest BCUT2D eigenvalue weighted by atomic mass is 9.81. The molecule has 6 rings (SSSR count). The standard InChI is InChI=1S/C27H26N4O3/c1-33-26(32)18-11-12-21-22(14-18)31-15-19(25-29-30-27(28)34-25)13-17-9-5-6-10-20(17)24(31)23(21)16-7-3-2-4-8-16/h5-6,9-14,16H,2-4,7-8,15H2,1H3,(H2,28,30). The van der Waals surface area contributed by atoms with Gasteiger partial charge in [-0.05, 0) is 48.1 Å². The van der Waals surface area contributed by atoms with E-state index in [4.69, 9.17) is 14.9 Å². The minimum Gasteiger partial charge on any atom is -0.465 e. The van der Waals surface area contributed by atoms with E-state index < -0.39 is 0 Å². The predicted octanol–water partition coefficient (Wildman–Crippen LogP) is 5.66. The second kappa shape index (κ2) is 8.17. The number of methoxy groups -OCH3 is 1. The lowest BCUT2D eigenvalue weighted by Gasteiger charge is -2.24. The Hall–Kier alpha value is -3.87. The zero-order valence-electron chi connectivity index (χ0n) is 19.1. The highest BCUT2D eigenvalue weighted by molar-refractivity contribution is 6.01. The van der Waals surface area contributed by atoms with Crippen molar-refractivity contribution in [2.75, 3.05) is 12.8 Å². The van der Waals surface area contributed by atoms with Crippen molar-refractivity contribution < 1.29 is 13.9 Å². The average Bonchev–Trinajstić information content (AvgIpc) is 3.39. The molecule has 172 valence electrons. The van der Waals surface area contributed by atoms with Crippen LogP contribution >= 0.6 is 0 Å². The largest absolute Gasteiger partial charge is 0.465 e. The van der Waals surface area contributed by atoms with Crippen molar-refractivity contribution in [3.8, 4) is 11.3 Å². The molecule has 1 aliphatic heterocycles. The summed E-state index contributed by atoms with van der Waals surface area (Å²) in [5.41, 5.74) is 13.0. The molecule has 7 heteroatoms. The molecule has 0 unspecified atom stereocenters. The van der Waals surface area contributed by atoms with Gasteiger partial charge in [0.15, 0.2) is 0 Å². The molecule has 2 N–H and O–H groups in total. The van der Waals surface area contributed by atoms with Crippen molar-refractivity contribution >= 4 is 34.5 Å². The highest BCUT2D eigenvalue weighted by atomic mass is 16.5. The fraction of sp³-hybridized carbons (Fsp3) is 0.296. The number of hydrogen-bond donors (Lipinski definition) is 1. The highest BCUT2D eigenvalue weighted by Crippen LogP contribution is 2.47. The Morgan fingerprint density at radius 2 is 1.94 bits per heavy atom. The summed E-state index contributed by atoms with van der Waals surface area (Å²) in [4.78, 5) is 12.4. The van der Waals surface area contributed by atoms with Crippen LogP contribution in [-0.4, -0.2) is 27.8 Å². The number of rotatable bonds is 3. The van der Waals surface area contributed by atoms with Crippen LogP contribution in [0.2, 0.25) is 0 Å². The van der Waals surface area contributed by atoms with Gasteiger partial charge in [0.25, 0.3) is 0 Å². The number of esters is 1. The maximum Gasteiger partial charge on any atom is 0.337 e. The third-order valence-corrected chi connectivity index (χ3v) is 7.13. The first-order chi connectivity index (χ1) is 16.6. The normalized spacial score (nSPS) is 16.0. The first-order valence-corrected chi connectivity index (χ1v) is 11.8. The lowest BCUT2D eigenvalue weighted by Crippen LogP contribution is -2.07. The van der Waals surface area contributed by atoms with E-state index in [1.165, 1.54) is 61.4 Å². The molecule has 2 aliphatic rings. The van der Waals surface area contributed by atoms with E-state index >= 15 is 0 Å². The van der Waals surface area contributed by atoms with Gasteiger partial charge in [-0.15, -0.1) is 5.10 Å². The molecule has 0 amide bonds. The number of carbonyl (C=O) groups excluding carboxylic acids is 1. The van der Waals surface area contributed by atoms with Crippen LogP contribution in [0.3, 0.4) is 0 Å². The van der Waals surface area contributed by atoms with Crippen LogP contribution in [0.25, 0.3) is 33.8 Å². The number of nitrogens with two attached hydrogens (primary N) is 1. The molecule has 0 spiro atoms. The molecule has 1 aliphatic carbocycles. The molecular weight excluding hydrogens is 428 g/mol. The third kappa shape index (κ3) is 3.31. The van der Waals surface area contributed by atoms with Gasteiger partial charge in [0.1, 0.15) is 0 Å². The Morgan fingerprint density at radius 3 is 2.71 bits per heavy atom. The maximum absolute atomic E-state index is 12.4. The SMILES string of the molecule is COC(=O)c1ccc2c(C3CCCCC3)c3n(c2c1)CC(c1nnc(N)o1)=Cc1ccccc1-3. The van der Waals surface area contributed by atoms with Gasteiger partial charge < -0.3 is 19.5 Å². The van der Waals surface area contributed by atoms with Crippen molar-refractivity contribution in [2.45, 2.75) is 44.6 Å². The molecule has 0 radical (unpaired) electrons. The number of hydrogen-bond acceptors (Lipinski definition) is 6. The molecule has 0 atom stereocenters. The molecule has 1 fully saturated rings. The van der Waals surface area contributed by atoms with Crippen LogP contribution in [-0.2, 0) is 11.3 Å². The molecule has 3 heterocycles. The number of nitrogens with zero attached hydrogens (tertiary/aromatic N) is 3. The van der Waals surface area contributed by atoms with Gasteiger partial charge in [-0.1, -0.05) is 54.7 Å². The number of ether oxygens (including phenoxy) is 1. The maximum atomic E-state index is 12.4. The summed E-state index contributed by atoms with van der Waals surface area (Å²) in [7, 11) is 1.41. The average molecular weight is 455 g/mol. The van der Waals surface area contributed by atoms with Crippen LogP contribution in [0, 0.1) is 0 Å². The minimum absolute atomic E-state index is 0.0434. The number of fused-ring (bicyclic) bond motifs is 5. The van der Waals surface area contributed by atoms with Gasteiger partial charge in [-0.2, -0.15) is 0 Å². The van der Waals surface area contributed by atoms with Crippen LogP contribution in [0.1, 0.15) is 65.4 Å². The summed E-state index contributed by atoms with van der Waals surface area (Å²) < 4.78 is 12.9. The second-order valence-corrected chi connectivity index (χ2v) is 9.11. The van der Waals surface area contributed by atoms with Gasteiger partial charge in [-0.3, -0.25) is 0 Å². The molecule has 2 aromatic carbocycles. The Bertz CT molecular complexity index is 1440. The van der Waals surface area contributed by atoms with E-state index in [0.717, 1.165) is 16.7 Å². The van der Waals surface area contributed by atoms with Crippen molar-refractivity contribution in [3.63, 3.8) is 0 Å². The van der Waals surface area contributed by atoms with Crippen LogP contribution in [0.15, 0.2) is 46.9 Å². The summed E-state index contributed by atoms with van der Waals surface area (Å²) in [6, 6.07) is 14.4. The van der Waals surface area contributed by atoms with E-state index in [9.17, 15) is 4.79 Å². The number of allylic oxidation sites excluding steroid dienone is 1. The van der Waals surface area contributed by atoms with E-state index in [-0.39, 0.29) is 12.0 Å². The summed E-state index contributed by atoms with van der Waals surface area (Å²) in [5.74, 6) is 0.543. The van der Waals surface area contributed by atoms with Crippen LogP contribution < -0.4 is 5.73 Å². The van der Waals surface area contributed by atoms with Gasteiger partial charge in [0.05, 0.1) is 24.9 Å². The molecule has 7 nitrogen and oxygen atoms in total. The van der Waals surface area contributed by atoms with Gasteiger partial charge in [0, 0.05) is 22.0 Å². The molecule has 0 bridgehead atoms. The van der Waals surface area contributed by atoms with Gasteiger partial charge in [0.2, 0.25) is 5.89 Å². The molecule has 4 aromatic rings. The number of benzene rings is 2. The minimum atomic E-state index is -0.342. The first-order valence-electron chi connectivity index (χ1n) is 11.8. The van der Waals surface area contributed by atoms with Gasteiger partial charge in [-0.25, -0.2) is 4.79 Å². The Morgan fingerprint density at radius 1 is 1.12 bits per heavy atom. The van der Waals surface area contributed by atoms with E-state index in [1.54, 1.807) is 0 Å². The van der Waals surface area contributed by atoms with Crippen molar-refractivity contribution in [1.82, 2.24) is 14.8 Å². The van der Waals surface area contributed by atoms with Gasteiger partial charge >= 0.3 is 12.0 Å². The monoisotopic (exact) mass is 454 g/mol. The smallest absolute Gasteiger partial charge is 0.337 e. The van der Waals surface area contributed by atoms with E-state index in [1.807, 2.05) is 18.2 Å². The molecule has 2 aromatic heterocycles. The fourth-order valence-electron chi connectivity index (χ4n) is 5.62. The first kappa shape index (κ1) is 20.7. The Kier molecular flexibility index (Phi) is 4.98. The number of nitrogen functional groups attached to an aromatic ring is 1. The highest BCUT2D eigenvalue weighted by Gasteiger charge is 2.30. The number of carbonyl (C=O) groups is 1. The molecular formula is C27H26N4O3. The Balaban J connectivity index is 1.66. The van der Waals surface area contributed by atoms with Crippen molar-refractivity contribution in [2.24, 2.45) is 0 Å². The molecule has 1 saturated carbocycles. The van der Waals surface area contributed by atoms with E-state index in [2.05, 4.69) is 45.1 Å². The molecule has 34 heavy (non-hydrogen) atoms. The zero-order valence-corrected chi connectivity index (χ0v) is 19.1. The summed E-state index contributed by atoms with van der Waals surface area (Å²) in [5, 5.41) is 9.23.